The van der Waals surface area contributed by atoms with Crippen molar-refractivity contribution in [2.45, 2.75) is 50.4 Å². The van der Waals surface area contributed by atoms with Crippen molar-refractivity contribution in [3.63, 3.8) is 0 Å². The summed E-state index contributed by atoms with van der Waals surface area (Å²) in [6, 6.07) is 28.1. The molecule has 40 heavy (non-hydrogen) atoms. The normalized spacial score (nSPS) is 25.4. The van der Waals surface area contributed by atoms with E-state index in [1.807, 2.05) is 95.9 Å². The molecule has 3 aromatic carbocycles. The molecule has 0 spiro atoms. The Hall–Kier alpha value is -3.18. The summed E-state index contributed by atoms with van der Waals surface area (Å²) in [5, 5.41) is 12.7. The highest BCUT2D eigenvalue weighted by Crippen LogP contribution is 2.32. The number of nitro groups is 1. The Kier molecular flexibility index (Phi) is 10.2. The van der Waals surface area contributed by atoms with Crippen molar-refractivity contribution in [2.24, 2.45) is 0 Å². The maximum Gasteiger partial charge on any atom is 0.280 e. The molecule has 0 N–H and O–H groups in total. The fraction of sp³-hybridized carbons (Fsp3) is 0.419. The third-order valence-corrected chi connectivity index (χ3v) is 7.25. The number of morpholine rings is 1. The third kappa shape index (κ3) is 7.51. The van der Waals surface area contributed by atoms with Crippen LogP contribution in [0.3, 0.4) is 0 Å². The number of benzene rings is 3. The van der Waals surface area contributed by atoms with E-state index in [0.29, 0.717) is 32.9 Å². The molecule has 0 amide bonds. The molecule has 0 bridgehead atoms. The number of hydrogen-bond donors (Lipinski definition) is 0. The van der Waals surface area contributed by atoms with E-state index in [4.69, 9.17) is 23.7 Å². The molecule has 0 unspecified atom stereocenters. The smallest absolute Gasteiger partial charge is 0.280 e. The van der Waals surface area contributed by atoms with Crippen molar-refractivity contribution in [3.8, 4) is 0 Å². The highest BCUT2D eigenvalue weighted by atomic mass is 16.7. The summed E-state index contributed by atoms with van der Waals surface area (Å²) in [5.41, 5.74) is 2.92. The fourth-order valence-electron chi connectivity index (χ4n) is 5.19. The lowest BCUT2D eigenvalue weighted by Gasteiger charge is -2.46. The maximum atomic E-state index is 12.7. The van der Waals surface area contributed by atoms with Crippen LogP contribution in [-0.2, 0) is 43.5 Å². The fourth-order valence-corrected chi connectivity index (χ4v) is 5.19. The minimum absolute atomic E-state index is 0.199. The first-order valence-electron chi connectivity index (χ1n) is 13.7. The molecule has 0 radical (unpaired) electrons. The minimum Gasteiger partial charge on any atom is -0.379 e. The first-order chi connectivity index (χ1) is 19.7. The summed E-state index contributed by atoms with van der Waals surface area (Å²) < 4.78 is 31.0. The van der Waals surface area contributed by atoms with E-state index in [1.54, 1.807) is 0 Å². The molecule has 0 aliphatic carbocycles. The Balaban J connectivity index is 1.42. The Morgan fingerprint density at radius 2 is 1.25 bits per heavy atom. The number of nitrogens with zero attached hydrogens (tertiary/aromatic N) is 2. The summed E-state index contributed by atoms with van der Waals surface area (Å²) in [4.78, 5) is 14.4. The molecular formula is C31H36N2O7. The van der Waals surface area contributed by atoms with Crippen LogP contribution in [0.25, 0.3) is 0 Å². The summed E-state index contributed by atoms with van der Waals surface area (Å²) in [5.74, 6) is 0. The quantitative estimate of drug-likeness (QED) is 0.247. The highest BCUT2D eigenvalue weighted by Gasteiger charge is 2.56. The van der Waals surface area contributed by atoms with E-state index in [9.17, 15) is 10.1 Å². The monoisotopic (exact) mass is 548 g/mol. The largest absolute Gasteiger partial charge is 0.379 e. The van der Waals surface area contributed by atoms with Gasteiger partial charge in [-0.15, -0.1) is 0 Å². The molecule has 2 aliphatic heterocycles. The highest BCUT2D eigenvalue weighted by molar-refractivity contribution is 5.15. The molecule has 2 aliphatic rings. The lowest BCUT2D eigenvalue weighted by Crippen LogP contribution is -2.67. The number of ether oxygens (including phenoxy) is 5. The van der Waals surface area contributed by atoms with Gasteiger partial charge in [0.1, 0.15) is 12.2 Å². The molecule has 3 aromatic rings. The first-order valence-corrected chi connectivity index (χ1v) is 13.7. The molecule has 2 saturated heterocycles. The zero-order valence-electron chi connectivity index (χ0n) is 22.5. The molecular weight excluding hydrogens is 512 g/mol. The van der Waals surface area contributed by atoms with Gasteiger partial charge in [0, 0.05) is 18.0 Å². The maximum absolute atomic E-state index is 12.7. The molecule has 2 heterocycles. The Morgan fingerprint density at radius 3 is 1.77 bits per heavy atom. The molecule has 9 heteroatoms. The van der Waals surface area contributed by atoms with Gasteiger partial charge < -0.3 is 23.7 Å². The molecule has 0 aromatic heterocycles. The number of rotatable bonds is 12. The Labute approximate surface area is 234 Å². The van der Waals surface area contributed by atoms with Crippen LogP contribution >= 0.6 is 0 Å². The predicted octanol–water partition coefficient (Wildman–Crippen LogP) is 4.08. The minimum atomic E-state index is -1.16. The van der Waals surface area contributed by atoms with Gasteiger partial charge in [0.2, 0.25) is 0 Å². The van der Waals surface area contributed by atoms with E-state index in [-0.39, 0.29) is 24.7 Å². The molecule has 5 rings (SSSR count). The van der Waals surface area contributed by atoms with Crippen LogP contribution in [0.1, 0.15) is 16.7 Å². The second-order valence-electron chi connectivity index (χ2n) is 10.0. The molecule has 0 saturated carbocycles. The average Bonchev–Trinajstić information content (AvgIpc) is 3.01. The van der Waals surface area contributed by atoms with Crippen molar-refractivity contribution < 1.29 is 28.6 Å². The lowest BCUT2D eigenvalue weighted by atomic mass is 9.94. The first kappa shape index (κ1) is 28.4. The van der Waals surface area contributed by atoms with Gasteiger partial charge in [-0.05, 0) is 16.7 Å². The van der Waals surface area contributed by atoms with E-state index in [2.05, 4.69) is 0 Å². The van der Waals surface area contributed by atoms with Gasteiger partial charge in [0.15, 0.2) is 12.3 Å². The van der Waals surface area contributed by atoms with Crippen LogP contribution in [0.15, 0.2) is 91.0 Å². The summed E-state index contributed by atoms with van der Waals surface area (Å²) in [6.45, 7) is 3.12. The predicted molar refractivity (Wildman–Crippen MR) is 148 cm³/mol. The van der Waals surface area contributed by atoms with Gasteiger partial charge in [-0.25, -0.2) is 0 Å². The SMILES string of the molecule is O=[N+]([O-])[C@@H]1[C@@H](OCc2ccccc2)[C@@H](OCc2ccccc2)[C@@H](COCc2ccccc2)O[C@H]1N1CCOCC1. The molecule has 212 valence electrons. The van der Waals surface area contributed by atoms with Crippen molar-refractivity contribution in [1.82, 2.24) is 4.90 Å². The Morgan fingerprint density at radius 1 is 0.750 bits per heavy atom. The second kappa shape index (κ2) is 14.5. The number of hydrogen-bond acceptors (Lipinski definition) is 8. The van der Waals surface area contributed by atoms with E-state index < -0.39 is 30.6 Å². The molecule has 2 fully saturated rings. The standard InChI is InChI=1S/C31H36N2O7/c34-33(35)28-30(39-22-26-14-8-3-9-15-26)29(38-21-25-12-6-2-7-13-25)27(23-37-20-24-10-4-1-5-11-24)40-31(28)32-16-18-36-19-17-32/h1-15,27-31H,16-23H2/t27-,28-,29+,30-,31-/m1/s1. The molecule has 5 atom stereocenters. The van der Waals surface area contributed by atoms with Crippen molar-refractivity contribution in [3.05, 3.63) is 118 Å². The molecule has 9 nitrogen and oxygen atoms in total. The second-order valence-corrected chi connectivity index (χ2v) is 10.0. The van der Waals surface area contributed by atoms with Gasteiger partial charge in [-0.1, -0.05) is 91.0 Å². The van der Waals surface area contributed by atoms with Gasteiger partial charge in [0.25, 0.3) is 6.04 Å². The zero-order valence-corrected chi connectivity index (χ0v) is 22.5. The van der Waals surface area contributed by atoms with Crippen LogP contribution in [0.2, 0.25) is 0 Å². The topological polar surface area (TPSA) is 92.5 Å². The van der Waals surface area contributed by atoms with Gasteiger partial charge >= 0.3 is 0 Å². The van der Waals surface area contributed by atoms with Crippen LogP contribution in [0.4, 0.5) is 0 Å². The summed E-state index contributed by atoms with van der Waals surface area (Å²) in [7, 11) is 0. The van der Waals surface area contributed by atoms with E-state index in [0.717, 1.165) is 16.7 Å². The zero-order chi connectivity index (χ0) is 27.6. The van der Waals surface area contributed by atoms with Crippen LogP contribution in [0.5, 0.6) is 0 Å². The van der Waals surface area contributed by atoms with Crippen LogP contribution < -0.4 is 0 Å². The van der Waals surface area contributed by atoms with Crippen molar-refractivity contribution in [2.75, 3.05) is 32.9 Å². The lowest BCUT2D eigenvalue weighted by molar-refractivity contribution is -0.569. The summed E-state index contributed by atoms with van der Waals surface area (Å²) in [6.07, 6.45) is -2.99. The van der Waals surface area contributed by atoms with E-state index >= 15 is 0 Å². The van der Waals surface area contributed by atoms with E-state index in [1.165, 1.54) is 0 Å². The van der Waals surface area contributed by atoms with Crippen LogP contribution in [0, 0.1) is 10.1 Å². The average molecular weight is 549 g/mol. The van der Waals surface area contributed by atoms with Crippen molar-refractivity contribution >= 4 is 0 Å². The third-order valence-electron chi connectivity index (χ3n) is 7.25. The van der Waals surface area contributed by atoms with Gasteiger partial charge in [0.05, 0.1) is 39.6 Å². The van der Waals surface area contributed by atoms with Crippen LogP contribution in [-0.4, -0.2) is 73.3 Å². The van der Waals surface area contributed by atoms with Gasteiger partial charge in [-0.2, -0.15) is 0 Å². The van der Waals surface area contributed by atoms with Gasteiger partial charge in [-0.3, -0.25) is 15.0 Å². The Bertz CT molecular complexity index is 1160. The summed E-state index contributed by atoms with van der Waals surface area (Å²) >= 11 is 0. The van der Waals surface area contributed by atoms with Crippen molar-refractivity contribution in [1.29, 1.82) is 0 Å².